The number of anilines is 1. The number of hydrogen-bond donors (Lipinski definition) is 1. The van der Waals surface area contributed by atoms with Gasteiger partial charge in [-0.1, -0.05) is 23.9 Å². The topological polar surface area (TPSA) is 69.0 Å². The summed E-state index contributed by atoms with van der Waals surface area (Å²) in [6.45, 7) is 4.71. The van der Waals surface area contributed by atoms with E-state index >= 15 is 0 Å². The van der Waals surface area contributed by atoms with Crippen LogP contribution in [0.1, 0.15) is 12.5 Å². The Morgan fingerprint density at radius 3 is 2.59 bits per heavy atom. The van der Waals surface area contributed by atoms with Gasteiger partial charge in [-0.15, -0.1) is 10.2 Å². The lowest BCUT2D eigenvalue weighted by molar-refractivity contribution is -0.113. The number of halogens is 2. The number of nitrogens with zero attached hydrogens (tertiary/aromatic N) is 3. The molecule has 0 unspecified atom stereocenters. The van der Waals surface area contributed by atoms with Crippen molar-refractivity contribution in [3.8, 4) is 17.1 Å². The number of amides is 1. The zero-order chi connectivity index (χ0) is 21.0. The van der Waals surface area contributed by atoms with Gasteiger partial charge in [-0.3, -0.25) is 4.79 Å². The molecule has 0 radical (unpaired) electrons. The maximum absolute atomic E-state index is 12.5. The Kier molecular flexibility index (Phi) is 7.37. The zero-order valence-electron chi connectivity index (χ0n) is 16.2. The minimum atomic E-state index is -0.117. The molecule has 1 amide bonds. The van der Waals surface area contributed by atoms with Gasteiger partial charge in [0.15, 0.2) is 11.0 Å². The normalized spacial score (nSPS) is 10.8. The Balaban J connectivity index is 1.73. The van der Waals surface area contributed by atoms with Gasteiger partial charge < -0.3 is 14.6 Å². The van der Waals surface area contributed by atoms with Crippen molar-refractivity contribution in [3.05, 3.63) is 50.9 Å². The standard InChI is InChI=1S/C20H20Br2N4O2S/c1-4-26-19(13-6-5-7-14(10-13)28-3)24-25-20(26)29-11-17(27)23-18-15(21)8-12(2)9-16(18)22/h5-10H,4,11H2,1-3H3,(H,23,27). The number of rotatable bonds is 7. The lowest BCUT2D eigenvalue weighted by atomic mass is 10.2. The summed E-state index contributed by atoms with van der Waals surface area (Å²) < 4.78 is 8.95. The van der Waals surface area contributed by atoms with Crippen molar-refractivity contribution in [2.75, 3.05) is 18.2 Å². The van der Waals surface area contributed by atoms with Crippen LogP contribution in [0.3, 0.4) is 0 Å². The van der Waals surface area contributed by atoms with Gasteiger partial charge in [0, 0.05) is 21.1 Å². The van der Waals surface area contributed by atoms with Crippen molar-refractivity contribution in [1.82, 2.24) is 14.8 Å². The fraction of sp³-hybridized carbons (Fsp3) is 0.250. The van der Waals surface area contributed by atoms with E-state index in [1.807, 2.05) is 54.8 Å². The monoisotopic (exact) mass is 538 g/mol. The molecule has 0 saturated carbocycles. The van der Waals surface area contributed by atoms with Crippen LogP contribution in [-0.4, -0.2) is 33.5 Å². The van der Waals surface area contributed by atoms with Crippen LogP contribution in [0, 0.1) is 6.92 Å². The molecule has 6 nitrogen and oxygen atoms in total. The average molecular weight is 540 g/mol. The second-order valence-electron chi connectivity index (χ2n) is 6.22. The van der Waals surface area contributed by atoms with Crippen LogP contribution >= 0.6 is 43.6 Å². The molecule has 0 aliphatic heterocycles. The van der Waals surface area contributed by atoms with Crippen molar-refractivity contribution in [1.29, 1.82) is 0 Å². The maximum atomic E-state index is 12.5. The Bertz CT molecular complexity index is 1020. The minimum absolute atomic E-state index is 0.117. The number of thioether (sulfide) groups is 1. The quantitative estimate of drug-likeness (QED) is 0.399. The molecule has 1 N–H and O–H groups in total. The summed E-state index contributed by atoms with van der Waals surface area (Å²) in [5.41, 5.74) is 2.73. The third-order valence-electron chi connectivity index (χ3n) is 4.14. The molecule has 0 spiro atoms. The first kappa shape index (κ1) is 21.9. The Morgan fingerprint density at radius 2 is 1.93 bits per heavy atom. The number of aromatic nitrogens is 3. The van der Waals surface area contributed by atoms with Crippen molar-refractivity contribution in [3.63, 3.8) is 0 Å². The number of benzene rings is 2. The van der Waals surface area contributed by atoms with Crippen molar-refractivity contribution in [2.24, 2.45) is 0 Å². The first-order valence-electron chi connectivity index (χ1n) is 8.88. The fourth-order valence-electron chi connectivity index (χ4n) is 2.78. The first-order valence-corrected chi connectivity index (χ1v) is 11.5. The van der Waals surface area contributed by atoms with E-state index in [1.165, 1.54) is 11.8 Å². The molecule has 0 atom stereocenters. The molecule has 0 aliphatic rings. The van der Waals surface area contributed by atoms with E-state index in [1.54, 1.807) is 7.11 Å². The zero-order valence-corrected chi connectivity index (χ0v) is 20.2. The van der Waals surface area contributed by atoms with Gasteiger partial charge in [-0.05, 0) is 75.5 Å². The second kappa shape index (κ2) is 9.77. The number of methoxy groups -OCH3 is 1. The average Bonchev–Trinajstić information content (AvgIpc) is 3.12. The van der Waals surface area contributed by atoms with Crippen LogP contribution in [0.25, 0.3) is 11.4 Å². The molecule has 3 rings (SSSR count). The van der Waals surface area contributed by atoms with Gasteiger partial charge in [-0.2, -0.15) is 0 Å². The number of ether oxygens (including phenoxy) is 1. The molecule has 0 saturated heterocycles. The smallest absolute Gasteiger partial charge is 0.234 e. The molecule has 2 aromatic carbocycles. The molecule has 0 bridgehead atoms. The summed E-state index contributed by atoms with van der Waals surface area (Å²) in [5, 5.41) is 12.2. The van der Waals surface area contributed by atoms with Crippen LogP contribution < -0.4 is 10.1 Å². The van der Waals surface area contributed by atoms with Crippen molar-refractivity contribution in [2.45, 2.75) is 25.5 Å². The van der Waals surface area contributed by atoms with Crippen molar-refractivity contribution >= 4 is 55.2 Å². The highest BCUT2D eigenvalue weighted by Crippen LogP contribution is 2.33. The number of carbonyl (C=O) groups excluding carboxylic acids is 1. The molecule has 152 valence electrons. The summed E-state index contributed by atoms with van der Waals surface area (Å²) in [6, 6.07) is 11.6. The highest BCUT2D eigenvalue weighted by Gasteiger charge is 2.16. The third kappa shape index (κ3) is 5.21. The fourth-order valence-corrected chi connectivity index (χ4v) is 5.20. The lowest BCUT2D eigenvalue weighted by Gasteiger charge is -2.11. The lowest BCUT2D eigenvalue weighted by Crippen LogP contribution is -2.15. The van der Waals surface area contributed by atoms with Crippen LogP contribution in [-0.2, 0) is 11.3 Å². The highest BCUT2D eigenvalue weighted by molar-refractivity contribution is 9.11. The Hall–Kier alpha value is -1.84. The summed E-state index contributed by atoms with van der Waals surface area (Å²) in [4.78, 5) is 12.5. The summed E-state index contributed by atoms with van der Waals surface area (Å²) in [7, 11) is 1.63. The van der Waals surface area contributed by atoms with Gasteiger partial charge in [-0.25, -0.2) is 0 Å². The summed E-state index contributed by atoms with van der Waals surface area (Å²) in [5.74, 6) is 1.62. The predicted molar refractivity (Wildman–Crippen MR) is 124 cm³/mol. The second-order valence-corrected chi connectivity index (χ2v) is 8.87. The number of hydrogen-bond acceptors (Lipinski definition) is 5. The Labute approximate surface area is 190 Å². The van der Waals surface area contributed by atoms with Gasteiger partial charge in [0.2, 0.25) is 5.91 Å². The van der Waals surface area contributed by atoms with E-state index in [0.717, 1.165) is 37.3 Å². The van der Waals surface area contributed by atoms with Gasteiger partial charge in [0.05, 0.1) is 18.6 Å². The Morgan fingerprint density at radius 1 is 1.21 bits per heavy atom. The molecule has 1 heterocycles. The molecule has 29 heavy (non-hydrogen) atoms. The van der Waals surface area contributed by atoms with E-state index < -0.39 is 0 Å². The number of nitrogens with one attached hydrogen (secondary N) is 1. The number of carbonyl (C=O) groups is 1. The molecule has 3 aromatic rings. The predicted octanol–water partition coefficient (Wildman–Crippen LogP) is 5.54. The molecule has 0 fully saturated rings. The summed E-state index contributed by atoms with van der Waals surface area (Å²) >= 11 is 8.35. The van der Waals surface area contributed by atoms with E-state index in [4.69, 9.17) is 4.74 Å². The van der Waals surface area contributed by atoms with Crippen LogP contribution in [0.5, 0.6) is 5.75 Å². The first-order chi connectivity index (χ1) is 13.9. The SMILES string of the molecule is CCn1c(SCC(=O)Nc2c(Br)cc(C)cc2Br)nnc1-c1cccc(OC)c1. The van der Waals surface area contributed by atoms with E-state index in [0.29, 0.717) is 11.7 Å². The van der Waals surface area contributed by atoms with Crippen molar-refractivity contribution < 1.29 is 9.53 Å². The highest BCUT2D eigenvalue weighted by atomic mass is 79.9. The van der Waals surface area contributed by atoms with Gasteiger partial charge in [0.1, 0.15) is 5.75 Å². The van der Waals surface area contributed by atoms with Crippen LogP contribution in [0.4, 0.5) is 5.69 Å². The van der Waals surface area contributed by atoms with Crippen LogP contribution in [0.2, 0.25) is 0 Å². The molecular formula is C20H20Br2N4O2S. The van der Waals surface area contributed by atoms with Gasteiger partial charge in [0.25, 0.3) is 0 Å². The minimum Gasteiger partial charge on any atom is -0.497 e. The van der Waals surface area contributed by atoms with E-state index in [-0.39, 0.29) is 11.7 Å². The van der Waals surface area contributed by atoms with Crippen LogP contribution in [0.15, 0.2) is 50.5 Å². The number of aryl methyl sites for hydroxylation is 1. The van der Waals surface area contributed by atoms with E-state index in [9.17, 15) is 4.79 Å². The maximum Gasteiger partial charge on any atom is 0.234 e. The molecule has 0 aliphatic carbocycles. The summed E-state index contributed by atoms with van der Waals surface area (Å²) in [6.07, 6.45) is 0. The van der Waals surface area contributed by atoms with Gasteiger partial charge >= 0.3 is 0 Å². The largest absolute Gasteiger partial charge is 0.497 e. The third-order valence-corrected chi connectivity index (χ3v) is 6.36. The molecular weight excluding hydrogens is 520 g/mol. The molecule has 9 heteroatoms. The molecule has 1 aromatic heterocycles. The van der Waals surface area contributed by atoms with E-state index in [2.05, 4.69) is 47.4 Å².